The van der Waals surface area contributed by atoms with Crippen molar-refractivity contribution in [3.63, 3.8) is 0 Å². The number of para-hydroxylation sites is 1. The van der Waals surface area contributed by atoms with Gasteiger partial charge in [0.25, 0.3) is 5.91 Å². The van der Waals surface area contributed by atoms with Crippen molar-refractivity contribution in [2.75, 3.05) is 18.5 Å². The molecule has 1 saturated carbocycles. The number of benzene rings is 1. The zero-order chi connectivity index (χ0) is 18.5. The van der Waals surface area contributed by atoms with Crippen LogP contribution in [0.5, 0.6) is 5.75 Å². The molecule has 1 aromatic carbocycles. The Kier molecular flexibility index (Phi) is 5.99. The minimum atomic E-state index is -0.218. The monoisotopic (exact) mass is 387 g/mol. The van der Waals surface area contributed by atoms with Gasteiger partial charge < -0.3 is 9.47 Å². The van der Waals surface area contributed by atoms with E-state index < -0.39 is 0 Å². The van der Waals surface area contributed by atoms with E-state index in [1.54, 1.807) is 6.07 Å². The first-order chi connectivity index (χ1) is 13.3. The zero-order valence-electron chi connectivity index (χ0n) is 15.4. The molecule has 4 rings (SSSR count). The molecule has 2 heterocycles. The van der Waals surface area contributed by atoms with Crippen LogP contribution in [0.15, 0.2) is 24.3 Å². The van der Waals surface area contributed by atoms with Crippen LogP contribution in [0.3, 0.4) is 0 Å². The lowest BCUT2D eigenvalue weighted by atomic mass is 9.90. The largest absolute Gasteiger partial charge is 0.490 e. The minimum Gasteiger partial charge on any atom is -0.490 e. The number of ether oxygens (including phenoxy) is 2. The second-order valence-corrected chi connectivity index (χ2v) is 8.19. The number of carbonyl (C=O) groups excluding carboxylic acids is 1. The van der Waals surface area contributed by atoms with Gasteiger partial charge in [-0.15, -0.1) is 10.2 Å². The molecule has 1 unspecified atom stereocenters. The summed E-state index contributed by atoms with van der Waals surface area (Å²) in [6, 6.07) is 7.29. The van der Waals surface area contributed by atoms with Crippen molar-refractivity contribution in [3.8, 4) is 5.75 Å². The smallest absolute Gasteiger partial charge is 0.261 e. The lowest BCUT2D eigenvalue weighted by Crippen LogP contribution is -2.19. The Morgan fingerprint density at radius 3 is 2.81 bits per heavy atom. The lowest BCUT2D eigenvalue weighted by Gasteiger charge is -2.18. The molecule has 1 aromatic heterocycles. The first-order valence-electron chi connectivity index (χ1n) is 9.78. The number of hydrogen-bond donors (Lipinski definition) is 1. The molecule has 0 radical (unpaired) electrons. The van der Waals surface area contributed by atoms with E-state index in [0.29, 0.717) is 29.0 Å². The van der Waals surface area contributed by atoms with Crippen molar-refractivity contribution >= 4 is 22.4 Å². The molecule has 0 spiro atoms. The zero-order valence-corrected chi connectivity index (χ0v) is 16.2. The highest BCUT2D eigenvalue weighted by molar-refractivity contribution is 7.15. The third-order valence-corrected chi connectivity index (χ3v) is 6.20. The van der Waals surface area contributed by atoms with Gasteiger partial charge in [-0.25, -0.2) is 0 Å². The topological polar surface area (TPSA) is 73.3 Å². The summed E-state index contributed by atoms with van der Waals surface area (Å²) in [6.07, 6.45) is 8.33. The van der Waals surface area contributed by atoms with Crippen LogP contribution in [0.4, 0.5) is 5.13 Å². The van der Waals surface area contributed by atoms with Crippen LogP contribution in [-0.4, -0.2) is 35.4 Å². The Labute approximate surface area is 163 Å². The van der Waals surface area contributed by atoms with E-state index in [4.69, 9.17) is 9.47 Å². The number of nitrogens with one attached hydrogen (secondary N) is 1. The van der Waals surface area contributed by atoms with E-state index in [-0.39, 0.29) is 12.0 Å². The molecule has 27 heavy (non-hydrogen) atoms. The van der Waals surface area contributed by atoms with Crippen molar-refractivity contribution < 1.29 is 14.3 Å². The summed E-state index contributed by atoms with van der Waals surface area (Å²) in [6.45, 7) is 1.26. The highest BCUT2D eigenvalue weighted by Gasteiger charge is 2.22. The van der Waals surface area contributed by atoms with E-state index in [2.05, 4.69) is 15.5 Å². The maximum Gasteiger partial charge on any atom is 0.261 e. The molecule has 2 fully saturated rings. The van der Waals surface area contributed by atoms with Crippen molar-refractivity contribution in [1.29, 1.82) is 0 Å². The first-order valence-corrected chi connectivity index (χ1v) is 10.6. The number of anilines is 1. The molecule has 0 bridgehead atoms. The van der Waals surface area contributed by atoms with E-state index in [1.807, 2.05) is 18.2 Å². The molecule has 7 heteroatoms. The average Bonchev–Trinajstić information content (AvgIpc) is 3.39. The van der Waals surface area contributed by atoms with Crippen molar-refractivity contribution in [2.24, 2.45) is 0 Å². The average molecular weight is 388 g/mol. The van der Waals surface area contributed by atoms with Gasteiger partial charge in [0, 0.05) is 12.5 Å². The third-order valence-electron chi connectivity index (χ3n) is 5.20. The van der Waals surface area contributed by atoms with Crippen molar-refractivity contribution in [2.45, 2.75) is 57.0 Å². The molecule has 1 N–H and O–H groups in total. The molecular weight excluding hydrogens is 362 g/mol. The van der Waals surface area contributed by atoms with Gasteiger partial charge in [0.2, 0.25) is 5.13 Å². The van der Waals surface area contributed by atoms with Gasteiger partial charge in [-0.3, -0.25) is 10.1 Å². The number of carbonyl (C=O) groups is 1. The van der Waals surface area contributed by atoms with Gasteiger partial charge in [0.1, 0.15) is 17.4 Å². The van der Waals surface area contributed by atoms with Gasteiger partial charge in [-0.1, -0.05) is 42.7 Å². The van der Waals surface area contributed by atoms with Gasteiger partial charge in [-0.05, 0) is 37.8 Å². The van der Waals surface area contributed by atoms with Gasteiger partial charge in [0.15, 0.2) is 0 Å². The second kappa shape index (κ2) is 8.80. The van der Waals surface area contributed by atoms with Gasteiger partial charge >= 0.3 is 0 Å². The van der Waals surface area contributed by atoms with Gasteiger partial charge in [0.05, 0.1) is 11.7 Å². The van der Waals surface area contributed by atoms with Crippen LogP contribution in [0.1, 0.15) is 66.2 Å². The summed E-state index contributed by atoms with van der Waals surface area (Å²) in [7, 11) is 0. The van der Waals surface area contributed by atoms with Crippen LogP contribution in [-0.2, 0) is 4.74 Å². The van der Waals surface area contributed by atoms with E-state index >= 15 is 0 Å². The van der Waals surface area contributed by atoms with E-state index in [9.17, 15) is 4.79 Å². The Morgan fingerprint density at radius 2 is 2.00 bits per heavy atom. The molecule has 2 aromatic rings. The summed E-state index contributed by atoms with van der Waals surface area (Å²) in [4.78, 5) is 12.7. The van der Waals surface area contributed by atoms with Crippen LogP contribution < -0.4 is 10.1 Å². The minimum absolute atomic E-state index is 0.113. The third kappa shape index (κ3) is 4.65. The molecule has 1 saturated heterocycles. The van der Waals surface area contributed by atoms with Crippen LogP contribution in [0.25, 0.3) is 0 Å². The van der Waals surface area contributed by atoms with Crippen LogP contribution in [0, 0.1) is 0 Å². The fourth-order valence-electron chi connectivity index (χ4n) is 3.70. The van der Waals surface area contributed by atoms with Crippen LogP contribution >= 0.6 is 11.3 Å². The van der Waals surface area contributed by atoms with E-state index in [0.717, 1.165) is 24.5 Å². The molecule has 1 aliphatic heterocycles. The summed E-state index contributed by atoms with van der Waals surface area (Å²) in [5.74, 6) is 0.843. The number of nitrogens with zero attached hydrogens (tertiary/aromatic N) is 2. The fraction of sp³-hybridized carbons (Fsp3) is 0.550. The summed E-state index contributed by atoms with van der Waals surface area (Å²) < 4.78 is 11.5. The molecule has 2 aliphatic rings. The van der Waals surface area contributed by atoms with Crippen molar-refractivity contribution in [1.82, 2.24) is 10.2 Å². The molecule has 144 valence electrons. The maximum atomic E-state index is 12.7. The number of rotatable bonds is 6. The molecular formula is C20H25N3O3S. The van der Waals surface area contributed by atoms with Crippen LogP contribution in [0.2, 0.25) is 0 Å². The second-order valence-electron chi connectivity index (χ2n) is 7.18. The summed E-state index contributed by atoms with van der Waals surface area (Å²) in [5, 5.41) is 12.9. The Balaban J connectivity index is 1.40. The molecule has 1 amide bonds. The highest BCUT2D eigenvalue weighted by Crippen LogP contribution is 2.35. The number of amides is 1. The van der Waals surface area contributed by atoms with Gasteiger partial charge in [-0.2, -0.15) is 0 Å². The lowest BCUT2D eigenvalue weighted by molar-refractivity contribution is 0.0673. The SMILES string of the molecule is O=C(Nc1nnc(C2CCCCC2)s1)c1ccccc1OCC1CCCO1. The molecule has 1 aliphatic carbocycles. The van der Waals surface area contributed by atoms with Crippen molar-refractivity contribution in [3.05, 3.63) is 34.8 Å². The molecule has 6 nitrogen and oxygen atoms in total. The highest BCUT2D eigenvalue weighted by atomic mass is 32.1. The summed E-state index contributed by atoms with van der Waals surface area (Å²) in [5.41, 5.74) is 0.505. The Hall–Kier alpha value is -1.99. The molecule has 1 atom stereocenters. The predicted octanol–water partition coefficient (Wildman–Crippen LogP) is 4.40. The van der Waals surface area contributed by atoms with E-state index in [1.165, 1.54) is 43.4 Å². The Bertz CT molecular complexity index is 767. The predicted molar refractivity (Wildman–Crippen MR) is 105 cm³/mol. The number of aromatic nitrogens is 2. The standard InChI is InChI=1S/C20H25N3O3S/c24-18(21-20-23-22-19(27-20)14-7-2-1-3-8-14)16-10-4-5-11-17(16)26-13-15-9-6-12-25-15/h4-5,10-11,14-15H,1-3,6-9,12-13H2,(H,21,23,24). The number of hydrogen-bond acceptors (Lipinski definition) is 6. The summed E-state index contributed by atoms with van der Waals surface area (Å²) >= 11 is 1.49. The normalized spacial score (nSPS) is 20.5. The fourth-order valence-corrected chi connectivity index (χ4v) is 4.61. The Morgan fingerprint density at radius 1 is 1.15 bits per heavy atom. The maximum absolute atomic E-state index is 12.7. The quantitative estimate of drug-likeness (QED) is 0.795. The first kappa shape index (κ1) is 18.4.